The Balaban J connectivity index is 1.61. The van der Waals surface area contributed by atoms with Gasteiger partial charge in [-0.25, -0.2) is 13.2 Å². The van der Waals surface area contributed by atoms with Crippen LogP contribution in [0.25, 0.3) is 10.8 Å². The molecule has 2 aromatic rings. The lowest BCUT2D eigenvalue weighted by molar-refractivity contribution is -0.155. The van der Waals surface area contributed by atoms with Crippen LogP contribution in [0.3, 0.4) is 0 Å². The van der Waals surface area contributed by atoms with Gasteiger partial charge in [0.15, 0.2) is 6.61 Å². The van der Waals surface area contributed by atoms with Crippen LogP contribution < -0.4 is 0 Å². The molecule has 9 heteroatoms. The van der Waals surface area contributed by atoms with Gasteiger partial charge in [-0.1, -0.05) is 30.3 Å². The predicted molar refractivity (Wildman–Crippen MR) is 102 cm³/mol. The highest BCUT2D eigenvalue weighted by Crippen LogP contribution is 2.22. The first-order valence-electron chi connectivity index (χ1n) is 8.83. The number of hydrogen-bond donors (Lipinski definition) is 0. The number of piperazine rings is 1. The molecule has 0 N–H and O–H groups in total. The van der Waals surface area contributed by atoms with Crippen molar-refractivity contribution in [2.75, 3.05) is 46.5 Å². The van der Waals surface area contributed by atoms with Gasteiger partial charge in [-0.15, -0.1) is 0 Å². The number of hydrogen-bond acceptors (Lipinski definition) is 6. The number of carbonyl (C=O) groups excluding carboxylic acids is 2. The zero-order chi connectivity index (χ0) is 20.1. The van der Waals surface area contributed by atoms with Gasteiger partial charge in [-0.2, -0.15) is 4.31 Å². The Kier molecular flexibility index (Phi) is 6.28. The van der Waals surface area contributed by atoms with E-state index < -0.39 is 16.0 Å². The maximum atomic E-state index is 12.9. The number of amides is 1. The van der Waals surface area contributed by atoms with E-state index in [9.17, 15) is 18.0 Å². The van der Waals surface area contributed by atoms with Crippen molar-refractivity contribution in [3.8, 4) is 0 Å². The van der Waals surface area contributed by atoms with Crippen molar-refractivity contribution < 1.29 is 27.5 Å². The molecule has 8 nitrogen and oxygen atoms in total. The van der Waals surface area contributed by atoms with Gasteiger partial charge in [0.05, 0.1) is 4.90 Å². The Morgan fingerprint density at radius 1 is 0.964 bits per heavy atom. The molecule has 150 valence electrons. The van der Waals surface area contributed by atoms with E-state index in [2.05, 4.69) is 4.74 Å². The Bertz CT molecular complexity index is 967. The standard InChI is InChI=1S/C19H22N2O6S/c1-26-14-19(23)27-13-18(22)20-8-10-21(11-9-20)28(24,25)17-7-6-15-4-2-3-5-16(15)12-17/h2-7,12H,8-11,13-14H2,1H3. The average molecular weight is 406 g/mol. The zero-order valence-corrected chi connectivity index (χ0v) is 16.4. The van der Waals surface area contributed by atoms with Gasteiger partial charge >= 0.3 is 5.97 Å². The molecule has 1 amide bonds. The third-order valence-electron chi connectivity index (χ3n) is 4.57. The van der Waals surface area contributed by atoms with Gasteiger partial charge in [0.25, 0.3) is 5.91 Å². The molecule has 1 fully saturated rings. The summed E-state index contributed by atoms with van der Waals surface area (Å²) < 4.78 is 36.7. The summed E-state index contributed by atoms with van der Waals surface area (Å²) in [6.45, 7) is 0.269. The molecule has 2 aromatic carbocycles. The lowest BCUT2D eigenvalue weighted by Gasteiger charge is -2.33. The molecule has 0 atom stereocenters. The van der Waals surface area contributed by atoms with Crippen molar-refractivity contribution in [2.24, 2.45) is 0 Å². The lowest BCUT2D eigenvalue weighted by Crippen LogP contribution is -2.51. The summed E-state index contributed by atoms with van der Waals surface area (Å²) in [6, 6.07) is 12.6. The van der Waals surface area contributed by atoms with Gasteiger partial charge in [0.2, 0.25) is 10.0 Å². The summed E-state index contributed by atoms with van der Waals surface area (Å²) in [5.74, 6) is -0.972. The fourth-order valence-corrected chi connectivity index (χ4v) is 4.51. The molecule has 0 radical (unpaired) electrons. The molecule has 1 heterocycles. The zero-order valence-electron chi connectivity index (χ0n) is 15.5. The molecule has 0 aliphatic carbocycles. The number of carbonyl (C=O) groups is 2. The summed E-state index contributed by atoms with van der Waals surface area (Å²) in [5, 5.41) is 1.83. The first kappa shape index (κ1) is 20.2. The second-order valence-electron chi connectivity index (χ2n) is 6.39. The highest BCUT2D eigenvalue weighted by molar-refractivity contribution is 7.89. The fourth-order valence-electron chi connectivity index (χ4n) is 3.05. The van der Waals surface area contributed by atoms with Crippen LogP contribution in [0.15, 0.2) is 47.4 Å². The van der Waals surface area contributed by atoms with E-state index in [4.69, 9.17) is 4.74 Å². The average Bonchev–Trinajstić information content (AvgIpc) is 2.72. The molecule has 0 spiro atoms. The molecular weight excluding hydrogens is 384 g/mol. The molecule has 1 aliphatic heterocycles. The van der Waals surface area contributed by atoms with E-state index >= 15 is 0 Å². The molecule has 1 saturated heterocycles. The molecular formula is C19H22N2O6S. The first-order chi connectivity index (χ1) is 13.4. The van der Waals surface area contributed by atoms with Crippen molar-refractivity contribution >= 4 is 32.7 Å². The minimum atomic E-state index is -3.64. The molecule has 0 aromatic heterocycles. The van der Waals surface area contributed by atoms with Gasteiger partial charge < -0.3 is 14.4 Å². The molecule has 3 rings (SSSR count). The lowest BCUT2D eigenvalue weighted by atomic mass is 10.1. The number of methoxy groups -OCH3 is 1. The largest absolute Gasteiger partial charge is 0.454 e. The number of nitrogens with zero attached hydrogens (tertiary/aromatic N) is 2. The molecule has 0 saturated carbocycles. The maximum Gasteiger partial charge on any atom is 0.332 e. The second-order valence-corrected chi connectivity index (χ2v) is 8.33. The highest BCUT2D eigenvalue weighted by Gasteiger charge is 2.30. The number of sulfonamides is 1. The number of rotatable bonds is 6. The summed E-state index contributed by atoms with van der Waals surface area (Å²) in [4.78, 5) is 25.1. The number of esters is 1. The van der Waals surface area contributed by atoms with E-state index in [-0.39, 0.29) is 50.2 Å². The summed E-state index contributed by atoms with van der Waals surface area (Å²) in [6.07, 6.45) is 0. The highest BCUT2D eigenvalue weighted by atomic mass is 32.2. The third kappa shape index (κ3) is 4.49. The van der Waals surface area contributed by atoms with Crippen LogP contribution in [-0.2, 0) is 29.1 Å². The predicted octanol–water partition coefficient (Wildman–Crippen LogP) is 0.862. The smallest absolute Gasteiger partial charge is 0.332 e. The monoisotopic (exact) mass is 406 g/mol. The SMILES string of the molecule is COCC(=O)OCC(=O)N1CCN(S(=O)(=O)c2ccc3ccccc3c2)CC1. The Morgan fingerprint density at radius 3 is 2.32 bits per heavy atom. The minimum Gasteiger partial charge on any atom is -0.454 e. The summed E-state index contributed by atoms with van der Waals surface area (Å²) >= 11 is 0. The Morgan fingerprint density at radius 2 is 1.64 bits per heavy atom. The van der Waals surface area contributed by atoms with Gasteiger partial charge in [-0.3, -0.25) is 4.79 Å². The van der Waals surface area contributed by atoms with Crippen LogP contribution in [-0.4, -0.2) is 76.0 Å². The van der Waals surface area contributed by atoms with E-state index in [1.165, 1.54) is 16.3 Å². The maximum absolute atomic E-state index is 12.9. The number of benzene rings is 2. The van der Waals surface area contributed by atoms with Crippen LogP contribution >= 0.6 is 0 Å². The van der Waals surface area contributed by atoms with E-state index in [1.54, 1.807) is 18.2 Å². The van der Waals surface area contributed by atoms with E-state index in [0.717, 1.165) is 10.8 Å². The molecule has 0 bridgehead atoms. The van der Waals surface area contributed by atoms with Gasteiger partial charge in [-0.05, 0) is 22.9 Å². The van der Waals surface area contributed by atoms with Gasteiger partial charge in [0, 0.05) is 33.3 Å². The van der Waals surface area contributed by atoms with Crippen molar-refractivity contribution in [3.05, 3.63) is 42.5 Å². The van der Waals surface area contributed by atoms with Crippen LogP contribution in [0, 0.1) is 0 Å². The second kappa shape index (κ2) is 8.68. The molecule has 0 unspecified atom stereocenters. The third-order valence-corrected chi connectivity index (χ3v) is 6.46. The molecule has 28 heavy (non-hydrogen) atoms. The number of ether oxygens (including phenoxy) is 2. The van der Waals surface area contributed by atoms with E-state index in [0.29, 0.717) is 0 Å². The van der Waals surface area contributed by atoms with Crippen LogP contribution in [0.5, 0.6) is 0 Å². The van der Waals surface area contributed by atoms with Crippen LogP contribution in [0.4, 0.5) is 0 Å². The topological polar surface area (TPSA) is 93.2 Å². The first-order valence-corrected chi connectivity index (χ1v) is 10.3. The normalized spacial score (nSPS) is 15.5. The van der Waals surface area contributed by atoms with Gasteiger partial charge in [0.1, 0.15) is 6.61 Å². The quantitative estimate of drug-likeness (QED) is 0.661. The summed E-state index contributed by atoms with van der Waals surface area (Å²) in [7, 11) is -2.28. The van der Waals surface area contributed by atoms with Crippen LogP contribution in [0.1, 0.15) is 0 Å². The van der Waals surface area contributed by atoms with E-state index in [1.807, 2.05) is 24.3 Å². The number of fused-ring (bicyclic) bond motifs is 1. The van der Waals surface area contributed by atoms with Crippen molar-refractivity contribution in [2.45, 2.75) is 4.90 Å². The Hall–Kier alpha value is -2.49. The summed E-state index contributed by atoms with van der Waals surface area (Å²) in [5.41, 5.74) is 0. The van der Waals surface area contributed by atoms with Crippen molar-refractivity contribution in [1.29, 1.82) is 0 Å². The van der Waals surface area contributed by atoms with Crippen molar-refractivity contribution in [1.82, 2.24) is 9.21 Å². The molecule has 1 aliphatic rings. The Labute approximate surface area is 163 Å². The van der Waals surface area contributed by atoms with Crippen molar-refractivity contribution in [3.63, 3.8) is 0 Å². The minimum absolute atomic E-state index is 0.187. The van der Waals surface area contributed by atoms with Crippen LogP contribution in [0.2, 0.25) is 0 Å². The fraction of sp³-hybridized carbons (Fsp3) is 0.368.